The molecule has 1 aromatic heterocycles. The Hall–Kier alpha value is -1.91. The molecule has 5 heteroatoms. The molecule has 0 saturated heterocycles. The van der Waals surface area contributed by atoms with Gasteiger partial charge in [-0.25, -0.2) is 4.98 Å². The molecule has 0 spiro atoms. The lowest BCUT2D eigenvalue weighted by molar-refractivity contribution is -0.383. The molecule has 0 amide bonds. The fourth-order valence-electron chi connectivity index (χ4n) is 1.70. The van der Waals surface area contributed by atoms with Crippen LogP contribution in [0.4, 0.5) is 5.69 Å². The van der Waals surface area contributed by atoms with Crippen molar-refractivity contribution in [2.24, 2.45) is 5.92 Å². The Morgan fingerprint density at radius 3 is 2.88 bits per heavy atom. The summed E-state index contributed by atoms with van der Waals surface area (Å²) in [4.78, 5) is 17.8. The third-order valence-electron chi connectivity index (χ3n) is 2.34. The number of fused-ring (bicyclic) bond motifs is 1. The Morgan fingerprint density at radius 1 is 1.50 bits per heavy atom. The number of benzene rings is 1. The second kappa shape index (κ2) is 3.92. The van der Waals surface area contributed by atoms with Gasteiger partial charge in [0.1, 0.15) is 5.82 Å². The van der Waals surface area contributed by atoms with E-state index in [2.05, 4.69) is 23.8 Å². The summed E-state index contributed by atoms with van der Waals surface area (Å²) in [7, 11) is 0. The number of non-ortho nitro benzene ring substituents is 1. The fraction of sp³-hybridized carbons (Fsp3) is 0.364. The van der Waals surface area contributed by atoms with Crippen LogP contribution in [0, 0.1) is 16.0 Å². The van der Waals surface area contributed by atoms with Crippen LogP contribution in [0.2, 0.25) is 0 Å². The molecular weight excluding hydrogens is 206 g/mol. The number of rotatable bonds is 3. The minimum absolute atomic E-state index is 0.0590. The highest BCUT2D eigenvalue weighted by atomic mass is 16.6. The first kappa shape index (κ1) is 10.6. The number of hydrogen-bond acceptors (Lipinski definition) is 3. The number of H-pyrrole nitrogens is 1. The lowest BCUT2D eigenvalue weighted by atomic mass is 10.1. The standard InChI is InChI=1S/C11H13N3O2/c1-7(2)6-10-12-8-4-3-5-9(14(15)16)11(8)13-10/h3-5,7H,6H2,1-2H3,(H,12,13). The van der Waals surface area contributed by atoms with E-state index < -0.39 is 4.92 Å². The van der Waals surface area contributed by atoms with Crippen molar-refractivity contribution in [3.05, 3.63) is 34.1 Å². The Labute approximate surface area is 92.7 Å². The van der Waals surface area contributed by atoms with Gasteiger partial charge in [0.15, 0.2) is 5.52 Å². The van der Waals surface area contributed by atoms with Gasteiger partial charge >= 0.3 is 0 Å². The highest BCUT2D eigenvalue weighted by Gasteiger charge is 2.15. The summed E-state index contributed by atoms with van der Waals surface area (Å²) in [5.74, 6) is 1.28. The molecule has 1 heterocycles. The summed E-state index contributed by atoms with van der Waals surface area (Å²) in [6.45, 7) is 4.17. The van der Waals surface area contributed by atoms with Crippen LogP contribution in [-0.2, 0) is 6.42 Å². The number of nitrogens with zero attached hydrogens (tertiary/aromatic N) is 2. The van der Waals surface area contributed by atoms with Gasteiger partial charge in [-0.05, 0) is 12.0 Å². The van der Waals surface area contributed by atoms with E-state index >= 15 is 0 Å². The van der Waals surface area contributed by atoms with E-state index in [0.29, 0.717) is 11.4 Å². The van der Waals surface area contributed by atoms with Crippen LogP contribution >= 0.6 is 0 Å². The van der Waals surface area contributed by atoms with Crippen molar-refractivity contribution in [1.82, 2.24) is 9.97 Å². The lowest BCUT2D eigenvalue weighted by Crippen LogP contribution is -1.95. The van der Waals surface area contributed by atoms with Gasteiger partial charge in [-0.2, -0.15) is 0 Å². The summed E-state index contributed by atoms with van der Waals surface area (Å²) >= 11 is 0. The molecule has 16 heavy (non-hydrogen) atoms. The Morgan fingerprint density at radius 2 is 2.25 bits per heavy atom. The maximum Gasteiger partial charge on any atom is 0.297 e. The Balaban J connectivity index is 2.52. The van der Waals surface area contributed by atoms with Gasteiger partial charge in [-0.15, -0.1) is 0 Å². The first-order valence-corrected chi connectivity index (χ1v) is 5.20. The maximum atomic E-state index is 10.8. The van der Waals surface area contributed by atoms with Crippen molar-refractivity contribution < 1.29 is 4.92 Å². The van der Waals surface area contributed by atoms with E-state index in [9.17, 15) is 10.1 Å². The van der Waals surface area contributed by atoms with Gasteiger partial charge in [-0.3, -0.25) is 10.1 Å². The molecular formula is C11H13N3O2. The van der Waals surface area contributed by atoms with Gasteiger partial charge in [0.2, 0.25) is 0 Å². The molecule has 0 aliphatic carbocycles. The van der Waals surface area contributed by atoms with Crippen molar-refractivity contribution in [3.63, 3.8) is 0 Å². The van der Waals surface area contributed by atoms with E-state index in [1.807, 2.05) is 0 Å². The molecule has 0 unspecified atom stereocenters. The second-order valence-corrected chi connectivity index (χ2v) is 4.21. The molecule has 0 saturated carbocycles. The number of nitro groups is 1. The Bertz CT molecular complexity index is 531. The van der Waals surface area contributed by atoms with Crippen molar-refractivity contribution >= 4 is 16.7 Å². The average Bonchev–Trinajstić information content (AvgIpc) is 2.57. The number of nitro benzene ring substituents is 1. The van der Waals surface area contributed by atoms with Gasteiger partial charge in [0.25, 0.3) is 5.69 Å². The minimum atomic E-state index is -0.400. The maximum absolute atomic E-state index is 10.8. The van der Waals surface area contributed by atoms with Gasteiger partial charge < -0.3 is 4.98 Å². The Kier molecular flexibility index (Phi) is 2.60. The van der Waals surface area contributed by atoms with E-state index in [0.717, 1.165) is 17.8 Å². The van der Waals surface area contributed by atoms with Gasteiger partial charge in [-0.1, -0.05) is 19.9 Å². The highest BCUT2D eigenvalue weighted by Crippen LogP contribution is 2.23. The zero-order chi connectivity index (χ0) is 11.7. The van der Waals surface area contributed by atoms with E-state index in [4.69, 9.17) is 0 Å². The van der Waals surface area contributed by atoms with Crippen LogP contribution in [0.25, 0.3) is 11.0 Å². The predicted octanol–water partition coefficient (Wildman–Crippen LogP) is 2.67. The molecule has 0 aliphatic heterocycles. The third kappa shape index (κ3) is 1.88. The minimum Gasteiger partial charge on any atom is -0.342 e. The number of imidazole rings is 1. The molecule has 2 rings (SSSR count). The molecule has 0 bridgehead atoms. The zero-order valence-corrected chi connectivity index (χ0v) is 9.23. The van der Waals surface area contributed by atoms with Crippen molar-refractivity contribution in [3.8, 4) is 0 Å². The topological polar surface area (TPSA) is 71.8 Å². The molecule has 5 nitrogen and oxygen atoms in total. The number of para-hydroxylation sites is 1. The smallest absolute Gasteiger partial charge is 0.297 e. The van der Waals surface area contributed by atoms with Crippen molar-refractivity contribution in [2.45, 2.75) is 20.3 Å². The summed E-state index contributed by atoms with van der Waals surface area (Å²) in [5, 5.41) is 10.8. The number of aromatic nitrogens is 2. The molecule has 84 valence electrons. The summed E-state index contributed by atoms with van der Waals surface area (Å²) in [6.07, 6.45) is 0.797. The van der Waals surface area contributed by atoms with E-state index in [1.165, 1.54) is 6.07 Å². The fourth-order valence-corrected chi connectivity index (χ4v) is 1.70. The lowest BCUT2D eigenvalue weighted by Gasteiger charge is -1.98. The molecule has 2 aromatic rings. The molecule has 0 aliphatic rings. The molecule has 0 fully saturated rings. The largest absolute Gasteiger partial charge is 0.342 e. The van der Waals surface area contributed by atoms with Crippen LogP contribution in [-0.4, -0.2) is 14.9 Å². The number of aromatic amines is 1. The van der Waals surface area contributed by atoms with E-state index in [-0.39, 0.29) is 5.69 Å². The predicted molar refractivity (Wildman–Crippen MR) is 61.3 cm³/mol. The van der Waals surface area contributed by atoms with Crippen LogP contribution < -0.4 is 0 Å². The first-order chi connectivity index (χ1) is 7.58. The highest BCUT2D eigenvalue weighted by molar-refractivity contribution is 5.84. The third-order valence-corrected chi connectivity index (χ3v) is 2.34. The van der Waals surface area contributed by atoms with Crippen LogP contribution in [0.3, 0.4) is 0 Å². The zero-order valence-electron chi connectivity index (χ0n) is 9.23. The van der Waals surface area contributed by atoms with E-state index in [1.54, 1.807) is 12.1 Å². The number of hydrogen-bond donors (Lipinski definition) is 1. The second-order valence-electron chi connectivity index (χ2n) is 4.21. The number of nitrogens with one attached hydrogen (secondary N) is 1. The molecule has 1 aromatic carbocycles. The monoisotopic (exact) mass is 219 g/mol. The van der Waals surface area contributed by atoms with Gasteiger partial charge in [0.05, 0.1) is 10.4 Å². The van der Waals surface area contributed by atoms with Crippen LogP contribution in [0.1, 0.15) is 19.7 Å². The van der Waals surface area contributed by atoms with Crippen LogP contribution in [0.5, 0.6) is 0 Å². The first-order valence-electron chi connectivity index (χ1n) is 5.20. The van der Waals surface area contributed by atoms with Gasteiger partial charge in [0, 0.05) is 12.5 Å². The summed E-state index contributed by atoms with van der Waals surface area (Å²) in [6, 6.07) is 4.94. The normalized spacial score (nSPS) is 11.2. The quantitative estimate of drug-likeness (QED) is 0.637. The summed E-state index contributed by atoms with van der Waals surface area (Å²) in [5.41, 5.74) is 1.23. The van der Waals surface area contributed by atoms with Crippen LogP contribution in [0.15, 0.2) is 18.2 Å². The molecule has 1 N–H and O–H groups in total. The summed E-state index contributed by atoms with van der Waals surface area (Å²) < 4.78 is 0. The molecule has 0 atom stereocenters. The average molecular weight is 219 g/mol. The van der Waals surface area contributed by atoms with Crippen molar-refractivity contribution in [2.75, 3.05) is 0 Å². The SMILES string of the molecule is CC(C)Cc1nc2c([N+](=O)[O-])cccc2[nH]1. The molecule has 0 radical (unpaired) electrons. The van der Waals surface area contributed by atoms with Crippen molar-refractivity contribution in [1.29, 1.82) is 0 Å².